The lowest BCUT2D eigenvalue weighted by molar-refractivity contribution is -0.0130. The SMILES string of the molecule is O[C@@H]1C[C@@H](O)CN(Cc2ccc(-c3ccccc3Cl)o2)C1. The molecule has 2 atom stereocenters. The number of nitrogens with zero attached hydrogens (tertiary/aromatic N) is 1. The summed E-state index contributed by atoms with van der Waals surface area (Å²) in [6.45, 7) is 1.68. The summed E-state index contributed by atoms with van der Waals surface area (Å²) in [5.41, 5.74) is 0.865. The van der Waals surface area contributed by atoms with Crippen LogP contribution in [0, 0.1) is 0 Å². The lowest BCUT2D eigenvalue weighted by Gasteiger charge is -2.32. The third-order valence-corrected chi connectivity index (χ3v) is 3.99. The first-order valence-electron chi connectivity index (χ1n) is 7.04. The second-order valence-electron chi connectivity index (χ2n) is 5.48. The number of halogens is 1. The van der Waals surface area contributed by atoms with Crippen molar-refractivity contribution in [2.75, 3.05) is 13.1 Å². The number of benzene rings is 1. The molecule has 0 spiro atoms. The minimum atomic E-state index is -0.480. The molecule has 21 heavy (non-hydrogen) atoms. The number of hydrogen-bond acceptors (Lipinski definition) is 4. The molecule has 1 aromatic heterocycles. The second kappa shape index (κ2) is 6.20. The Kier molecular flexibility index (Phi) is 4.31. The molecule has 0 amide bonds. The molecular formula is C16H18ClNO3. The van der Waals surface area contributed by atoms with Crippen molar-refractivity contribution < 1.29 is 14.6 Å². The fourth-order valence-corrected chi connectivity index (χ4v) is 2.98. The van der Waals surface area contributed by atoms with Crippen LogP contribution in [0.1, 0.15) is 12.2 Å². The van der Waals surface area contributed by atoms with Gasteiger partial charge in [-0.25, -0.2) is 0 Å². The largest absolute Gasteiger partial charge is 0.460 e. The van der Waals surface area contributed by atoms with Gasteiger partial charge < -0.3 is 14.6 Å². The van der Waals surface area contributed by atoms with Crippen LogP contribution >= 0.6 is 11.6 Å². The minimum Gasteiger partial charge on any atom is -0.460 e. The third-order valence-electron chi connectivity index (χ3n) is 3.66. The summed E-state index contributed by atoms with van der Waals surface area (Å²) in [7, 11) is 0. The van der Waals surface area contributed by atoms with E-state index in [0.29, 0.717) is 31.1 Å². The van der Waals surface area contributed by atoms with Crippen molar-refractivity contribution in [3.05, 3.63) is 47.2 Å². The molecule has 112 valence electrons. The smallest absolute Gasteiger partial charge is 0.135 e. The maximum absolute atomic E-state index is 9.70. The Bertz CT molecular complexity index is 603. The molecule has 1 aliphatic rings. The highest BCUT2D eigenvalue weighted by Crippen LogP contribution is 2.29. The predicted octanol–water partition coefficient (Wildman–Crippen LogP) is 2.53. The summed E-state index contributed by atoms with van der Waals surface area (Å²) in [5.74, 6) is 1.53. The number of β-amino-alcohol motifs (C(OH)–C–C–N with tert-alkyl or cyclic N) is 2. The first kappa shape index (κ1) is 14.6. The van der Waals surface area contributed by atoms with Gasteiger partial charge in [0.1, 0.15) is 11.5 Å². The summed E-state index contributed by atoms with van der Waals surface area (Å²) in [5, 5.41) is 20.1. The number of likely N-dealkylation sites (tertiary alicyclic amines) is 1. The van der Waals surface area contributed by atoms with Crippen molar-refractivity contribution in [1.29, 1.82) is 0 Å². The normalized spacial score (nSPS) is 23.4. The summed E-state index contributed by atoms with van der Waals surface area (Å²) in [6, 6.07) is 11.3. The fourth-order valence-electron chi connectivity index (χ4n) is 2.75. The zero-order valence-electron chi connectivity index (χ0n) is 11.6. The Labute approximate surface area is 128 Å². The van der Waals surface area contributed by atoms with Gasteiger partial charge in [-0.2, -0.15) is 0 Å². The average Bonchev–Trinajstić information content (AvgIpc) is 2.86. The number of piperidine rings is 1. The molecule has 0 bridgehead atoms. The molecular weight excluding hydrogens is 290 g/mol. The topological polar surface area (TPSA) is 56.8 Å². The molecule has 3 rings (SSSR count). The molecule has 1 aliphatic heterocycles. The lowest BCUT2D eigenvalue weighted by Crippen LogP contribution is -2.45. The van der Waals surface area contributed by atoms with Gasteiger partial charge in [-0.3, -0.25) is 4.90 Å². The fraction of sp³-hybridized carbons (Fsp3) is 0.375. The Morgan fingerprint density at radius 3 is 2.52 bits per heavy atom. The minimum absolute atomic E-state index is 0.444. The molecule has 2 heterocycles. The van der Waals surface area contributed by atoms with Gasteiger partial charge in [0, 0.05) is 25.1 Å². The molecule has 0 unspecified atom stereocenters. The maximum atomic E-state index is 9.70. The molecule has 4 nitrogen and oxygen atoms in total. The Hall–Kier alpha value is -1.33. The van der Waals surface area contributed by atoms with E-state index in [0.717, 1.165) is 17.1 Å². The number of aliphatic hydroxyl groups is 2. The van der Waals surface area contributed by atoms with E-state index in [4.69, 9.17) is 16.0 Å². The van der Waals surface area contributed by atoms with Gasteiger partial charge in [-0.1, -0.05) is 23.7 Å². The van der Waals surface area contributed by atoms with Crippen molar-refractivity contribution in [1.82, 2.24) is 4.90 Å². The summed E-state index contributed by atoms with van der Waals surface area (Å²) >= 11 is 6.16. The van der Waals surface area contributed by atoms with Crippen LogP contribution < -0.4 is 0 Å². The number of furan rings is 1. The van der Waals surface area contributed by atoms with E-state index < -0.39 is 12.2 Å². The molecule has 1 fully saturated rings. The Morgan fingerprint density at radius 2 is 1.81 bits per heavy atom. The van der Waals surface area contributed by atoms with Crippen LogP contribution in [-0.2, 0) is 6.54 Å². The van der Waals surface area contributed by atoms with Crippen molar-refractivity contribution in [3.8, 4) is 11.3 Å². The summed E-state index contributed by atoms with van der Waals surface area (Å²) in [4.78, 5) is 1.99. The zero-order chi connectivity index (χ0) is 14.8. The van der Waals surface area contributed by atoms with Gasteiger partial charge in [0.15, 0.2) is 0 Å². The van der Waals surface area contributed by atoms with Crippen molar-refractivity contribution in [2.45, 2.75) is 25.2 Å². The van der Waals surface area contributed by atoms with Crippen LogP contribution in [-0.4, -0.2) is 40.4 Å². The highest BCUT2D eigenvalue weighted by atomic mass is 35.5. The third kappa shape index (κ3) is 3.47. The van der Waals surface area contributed by atoms with Gasteiger partial charge in [0.2, 0.25) is 0 Å². The molecule has 2 aromatic rings. The van der Waals surface area contributed by atoms with Crippen molar-refractivity contribution in [3.63, 3.8) is 0 Å². The van der Waals surface area contributed by atoms with E-state index in [1.54, 1.807) is 0 Å². The van der Waals surface area contributed by atoms with E-state index >= 15 is 0 Å². The molecule has 1 aromatic carbocycles. The average molecular weight is 308 g/mol. The quantitative estimate of drug-likeness (QED) is 0.915. The van der Waals surface area contributed by atoms with E-state index in [9.17, 15) is 10.2 Å². The monoisotopic (exact) mass is 307 g/mol. The van der Waals surface area contributed by atoms with Gasteiger partial charge in [-0.05, 0) is 24.3 Å². The number of aliphatic hydroxyl groups excluding tert-OH is 2. The van der Waals surface area contributed by atoms with E-state index in [1.807, 2.05) is 41.3 Å². The predicted molar refractivity (Wildman–Crippen MR) is 81.1 cm³/mol. The first-order valence-corrected chi connectivity index (χ1v) is 7.41. The number of hydrogen-bond donors (Lipinski definition) is 2. The van der Waals surface area contributed by atoms with E-state index in [1.165, 1.54) is 0 Å². The number of rotatable bonds is 3. The summed E-state index contributed by atoms with van der Waals surface area (Å²) in [6.07, 6.45) is -0.516. The van der Waals surface area contributed by atoms with Crippen LogP contribution in [0.4, 0.5) is 0 Å². The second-order valence-corrected chi connectivity index (χ2v) is 5.89. The van der Waals surface area contributed by atoms with Crippen molar-refractivity contribution >= 4 is 11.6 Å². The van der Waals surface area contributed by atoms with Crippen LogP contribution in [0.25, 0.3) is 11.3 Å². The summed E-state index contributed by atoms with van der Waals surface area (Å²) < 4.78 is 5.83. The van der Waals surface area contributed by atoms with Gasteiger partial charge in [0.25, 0.3) is 0 Å². The van der Waals surface area contributed by atoms with Gasteiger partial charge in [0.05, 0.1) is 23.8 Å². The zero-order valence-corrected chi connectivity index (χ0v) is 12.3. The molecule has 2 N–H and O–H groups in total. The molecule has 0 saturated carbocycles. The van der Waals surface area contributed by atoms with Crippen LogP contribution in [0.3, 0.4) is 0 Å². The first-order chi connectivity index (χ1) is 10.1. The lowest BCUT2D eigenvalue weighted by atomic mass is 10.1. The van der Waals surface area contributed by atoms with E-state index in [2.05, 4.69) is 0 Å². The molecule has 5 heteroatoms. The van der Waals surface area contributed by atoms with Gasteiger partial charge in [-0.15, -0.1) is 0 Å². The van der Waals surface area contributed by atoms with Crippen LogP contribution in [0.2, 0.25) is 5.02 Å². The standard InChI is InChI=1S/C16H18ClNO3/c17-15-4-2-1-3-14(15)16-6-5-13(21-16)10-18-8-11(19)7-12(20)9-18/h1-6,11-12,19-20H,7-10H2/t11-,12-/m1/s1. The maximum Gasteiger partial charge on any atom is 0.135 e. The van der Waals surface area contributed by atoms with E-state index in [-0.39, 0.29) is 0 Å². The van der Waals surface area contributed by atoms with Gasteiger partial charge >= 0.3 is 0 Å². The molecule has 1 saturated heterocycles. The highest BCUT2D eigenvalue weighted by Gasteiger charge is 2.25. The molecule has 0 radical (unpaired) electrons. The van der Waals surface area contributed by atoms with Crippen LogP contribution in [0.15, 0.2) is 40.8 Å². The van der Waals surface area contributed by atoms with Crippen molar-refractivity contribution in [2.24, 2.45) is 0 Å². The Balaban J connectivity index is 1.72. The molecule has 0 aliphatic carbocycles. The van der Waals surface area contributed by atoms with Crippen LogP contribution in [0.5, 0.6) is 0 Å². The Morgan fingerprint density at radius 1 is 1.10 bits per heavy atom. The highest BCUT2D eigenvalue weighted by molar-refractivity contribution is 6.33.